The Morgan fingerprint density at radius 3 is 2.16 bits per heavy atom. The quantitative estimate of drug-likeness (QED) is 0.306. The number of pyridine rings is 1. The summed E-state index contributed by atoms with van der Waals surface area (Å²) in [5, 5.41) is 0. The van der Waals surface area contributed by atoms with E-state index in [4.69, 9.17) is 4.98 Å². The fourth-order valence-corrected chi connectivity index (χ4v) is 4.46. The smallest absolute Gasteiger partial charge is 0.164 e. The van der Waals surface area contributed by atoms with Gasteiger partial charge in [0.15, 0.2) is 5.65 Å². The van der Waals surface area contributed by atoms with Gasteiger partial charge in [0, 0.05) is 36.9 Å². The molecule has 0 saturated heterocycles. The van der Waals surface area contributed by atoms with Crippen molar-refractivity contribution in [2.24, 2.45) is 0 Å². The van der Waals surface area contributed by atoms with Crippen molar-refractivity contribution < 1.29 is 27.9 Å². The first kappa shape index (κ1) is 21.9. The number of hydrogen-bond acceptors (Lipinski definition) is 4. The number of hydrogen-bond donors (Lipinski definition) is 0. The maximum absolute atomic E-state index is 12.9. The van der Waals surface area contributed by atoms with Gasteiger partial charge >= 0.3 is 0 Å². The van der Waals surface area contributed by atoms with Crippen LogP contribution in [0.1, 0.15) is 0 Å². The Kier molecular flexibility index (Phi) is 6.17. The Morgan fingerprint density at radius 1 is 0.750 bits per heavy atom. The van der Waals surface area contributed by atoms with E-state index in [2.05, 4.69) is 9.71 Å². The van der Waals surface area contributed by atoms with E-state index >= 15 is 0 Å². The number of rotatable bonds is 5. The predicted molar refractivity (Wildman–Crippen MR) is 121 cm³/mol. The van der Waals surface area contributed by atoms with E-state index in [0.717, 1.165) is 5.69 Å². The fraction of sp³-hybridized carbons (Fsp3) is 0. The first-order valence-electron chi connectivity index (χ1n) is 9.65. The van der Waals surface area contributed by atoms with E-state index in [1.807, 2.05) is 59.2 Å². The molecule has 0 radical (unpaired) electrons. The van der Waals surface area contributed by atoms with Crippen molar-refractivity contribution in [3.8, 4) is 17.1 Å². The van der Waals surface area contributed by atoms with Gasteiger partial charge in [-0.2, -0.15) is 0 Å². The molecular formula is C24H17N4O2SZn-. The third-order valence-corrected chi connectivity index (χ3v) is 6.14. The first-order chi connectivity index (χ1) is 15.1. The third kappa shape index (κ3) is 4.07. The van der Waals surface area contributed by atoms with Gasteiger partial charge in [-0.3, -0.25) is 4.57 Å². The monoisotopic (exact) mass is 489 g/mol. The van der Waals surface area contributed by atoms with Gasteiger partial charge in [0.25, 0.3) is 0 Å². The number of para-hydroxylation sites is 1. The summed E-state index contributed by atoms with van der Waals surface area (Å²) >= 11 is 0. The van der Waals surface area contributed by atoms with Crippen LogP contribution in [0.15, 0.2) is 108 Å². The number of benzene rings is 3. The van der Waals surface area contributed by atoms with Gasteiger partial charge in [-0.05, 0) is 36.4 Å². The Hall–Kier alpha value is -3.35. The van der Waals surface area contributed by atoms with Crippen molar-refractivity contribution in [3.63, 3.8) is 0 Å². The van der Waals surface area contributed by atoms with Gasteiger partial charge in [0.2, 0.25) is 0 Å². The average Bonchev–Trinajstić information content (AvgIpc) is 3.20. The van der Waals surface area contributed by atoms with Crippen LogP contribution in [0.4, 0.5) is 5.69 Å². The maximum atomic E-state index is 12.9. The zero-order chi connectivity index (χ0) is 21.3. The molecule has 154 valence electrons. The minimum Gasteiger partial charge on any atom is -0.572 e. The van der Waals surface area contributed by atoms with E-state index in [1.54, 1.807) is 36.5 Å². The topological polar surface area (TPSA) is 79.0 Å². The number of nitrogens with zero attached hydrogens (tertiary/aromatic N) is 4. The summed E-state index contributed by atoms with van der Waals surface area (Å²) in [6.45, 7) is 0. The van der Waals surface area contributed by atoms with Crippen molar-refractivity contribution in [3.05, 3.63) is 108 Å². The molecule has 6 nitrogen and oxygen atoms in total. The second-order valence-electron chi connectivity index (χ2n) is 6.85. The van der Waals surface area contributed by atoms with Crippen LogP contribution in [0.5, 0.6) is 0 Å². The summed E-state index contributed by atoms with van der Waals surface area (Å²) < 4.78 is 31.9. The molecule has 0 unspecified atom stereocenters. The Labute approximate surface area is 198 Å². The summed E-state index contributed by atoms with van der Waals surface area (Å²) in [5.41, 5.74) is 3.19. The summed E-state index contributed by atoms with van der Waals surface area (Å²) in [4.78, 5) is 9.42. The normalized spacial score (nSPS) is 11.1. The minimum absolute atomic E-state index is 0. The summed E-state index contributed by atoms with van der Waals surface area (Å²) in [6, 6.07) is 28.7. The van der Waals surface area contributed by atoms with Crippen molar-refractivity contribution >= 4 is 26.9 Å². The largest absolute Gasteiger partial charge is 0.572 e. The van der Waals surface area contributed by atoms with Gasteiger partial charge < -0.3 is 4.72 Å². The average molecular weight is 491 g/mol. The van der Waals surface area contributed by atoms with Crippen LogP contribution in [0.2, 0.25) is 0 Å². The molecule has 0 fully saturated rings. The molecule has 0 aliphatic heterocycles. The number of aromatic nitrogens is 3. The molecule has 0 saturated carbocycles. The van der Waals surface area contributed by atoms with E-state index in [0.29, 0.717) is 28.2 Å². The van der Waals surface area contributed by atoms with Gasteiger partial charge in [0.1, 0.15) is 21.4 Å². The molecule has 0 spiro atoms. The van der Waals surface area contributed by atoms with Gasteiger partial charge in [0.05, 0.1) is 4.90 Å². The molecule has 5 aromatic rings. The van der Waals surface area contributed by atoms with Crippen LogP contribution in [-0.2, 0) is 29.5 Å². The molecule has 8 heteroatoms. The van der Waals surface area contributed by atoms with Gasteiger partial charge in [-0.25, -0.2) is 18.4 Å². The van der Waals surface area contributed by atoms with Crippen LogP contribution in [-0.4, -0.2) is 23.0 Å². The van der Waals surface area contributed by atoms with Crippen molar-refractivity contribution in [2.75, 3.05) is 0 Å². The minimum atomic E-state index is -3.88. The molecule has 0 N–H and O–H groups in total. The molecule has 3 aromatic carbocycles. The molecular weight excluding hydrogens is 474 g/mol. The Bertz CT molecular complexity index is 1470. The Balaban J connectivity index is 0.00000245. The molecule has 32 heavy (non-hydrogen) atoms. The van der Waals surface area contributed by atoms with E-state index in [9.17, 15) is 8.42 Å². The van der Waals surface area contributed by atoms with Crippen molar-refractivity contribution in [2.45, 2.75) is 4.90 Å². The summed E-state index contributed by atoms with van der Waals surface area (Å²) in [7, 11) is -3.88. The molecule has 0 amide bonds. The molecule has 0 atom stereocenters. The van der Waals surface area contributed by atoms with E-state index < -0.39 is 10.0 Å². The SMILES string of the molecule is O=S(=O)([N-]c1ccccc1-c1nc2cccnc2n1-c1ccccc1)c1ccccc1.[Zn]. The van der Waals surface area contributed by atoms with Gasteiger partial charge in [-0.15, -0.1) is 5.69 Å². The molecule has 2 heterocycles. The van der Waals surface area contributed by atoms with Crippen LogP contribution in [0.3, 0.4) is 0 Å². The molecule has 0 aliphatic carbocycles. The number of imidazole rings is 1. The van der Waals surface area contributed by atoms with Crippen molar-refractivity contribution in [1.82, 2.24) is 14.5 Å². The third-order valence-electron chi connectivity index (χ3n) is 4.83. The summed E-state index contributed by atoms with van der Waals surface area (Å²) in [5.74, 6) is 0.572. The Morgan fingerprint density at radius 2 is 1.41 bits per heavy atom. The summed E-state index contributed by atoms with van der Waals surface area (Å²) in [6.07, 6.45) is 1.71. The predicted octanol–water partition coefficient (Wildman–Crippen LogP) is 5.48. The van der Waals surface area contributed by atoms with Gasteiger partial charge in [-0.1, -0.05) is 60.7 Å². The van der Waals surface area contributed by atoms with Crippen LogP contribution >= 0.6 is 0 Å². The van der Waals surface area contributed by atoms with E-state index in [-0.39, 0.29) is 24.4 Å². The second kappa shape index (κ2) is 9.03. The molecule has 5 rings (SSSR count). The zero-order valence-corrected chi connectivity index (χ0v) is 20.8. The standard InChI is InChI=1S/C24H17N4O2S.Zn/c29-31(30,19-12-5-2-6-13-19)27-21-15-8-7-14-20(21)23-26-22-16-9-17-25-24(22)28(23)18-10-3-1-4-11-18;/h1-17H;/q-1;. The van der Waals surface area contributed by atoms with E-state index in [1.165, 1.54) is 12.1 Å². The molecule has 0 bridgehead atoms. The van der Waals surface area contributed by atoms with Crippen molar-refractivity contribution in [1.29, 1.82) is 0 Å². The maximum Gasteiger partial charge on any atom is 0.164 e. The number of sulfonamides is 1. The fourth-order valence-electron chi connectivity index (χ4n) is 3.43. The zero-order valence-electron chi connectivity index (χ0n) is 17.0. The molecule has 0 aliphatic rings. The molecule has 2 aromatic heterocycles. The van der Waals surface area contributed by atoms with Crippen LogP contribution in [0, 0.1) is 0 Å². The first-order valence-corrected chi connectivity index (χ1v) is 11.1. The van der Waals surface area contributed by atoms with Crippen LogP contribution in [0.25, 0.3) is 33.0 Å². The van der Waals surface area contributed by atoms with Crippen LogP contribution < -0.4 is 0 Å². The number of fused-ring (bicyclic) bond motifs is 1. The second-order valence-corrected chi connectivity index (χ2v) is 8.45.